The van der Waals surface area contributed by atoms with E-state index in [1.807, 2.05) is 36.1 Å². The first kappa shape index (κ1) is 16.4. The van der Waals surface area contributed by atoms with Gasteiger partial charge in [-0.05, 0) is 48.5 Å². The highest BCUT2D eigenvalue weighted by atomic mass is 32.2. The molecule has 0 radical (unpaired) electrons. The van der Waals surface area contributed by atoms with Crippen LogP contribution in [-0.4, -0.2) is 28.8 Å². The van der Waals surface area contributed by atoms with Crippen LogP contribution in [-0.2, 0) is 17.1 Å². The van der Waals surface area contributed by atoms with Crippen LogP contribution < -0.4 is 4.72 Å². The Morgan fingerprint density at radius 1 is 1.00 bits per heavy atom. The van der Waals surface area contributed by atoms with Gasteiger partial charge in [-0.25, -0.2) is 13.4 Å². The number of nitrogens with zero attached hydrogens (tertiary/aromatic N) is 3. The van der Waals surface area contributed by atoms with Gasteiger partial charge < -0.3 is 4.57 Å². The van der Waals surface area contributed by atoms with Crippen molar-refractivity contribution in [1.82, 2.24) is 14.1 Å². The molecule has 2 heterocycles. The number of hydrogen-bond donors (Lipinski definition) is 1. The van der Waals surface area contributed by atoms with Crippen LogP contribution in [0, 0.1) is 0 Å². The van der Waals surface area contributed by atoms with E-state index in [9.17, 15) is 8.42 Å². The molecule has 1 N–H and O–H groups in total. The second kappa shape index (κ2) is 6.03. The zero-order chi connectivity index (χ0) is 18.3. The molecule has 132 valence electrons. The third kappa shape index (κ3) is 3.09. The van der Waals surface area contributed by atoms with Crippen molar-refractivity contribution < 1.29 is 8.42 Å². The maximum atomic E-state index is 11.3. The van der Waals surface area contributed by atoms with Crippen molar-refractivity contribution in [2.24, 2.45) is 7.05 Å². The van der Waals surface area contributed by atoms with Crippen LogP contribution in [0.5, 0.6) is 0 Å². The quantitative estimate of drug-likeness (QED) is 0.602. The molecule has 4 aromatic rings. The standard InChI is InChI=1S/C19H18N4O2S/c1-22-11-9-14-13-15(3-8-18(14)22)19-20-10-12-23(19)17-6-4-16(5-7-17)21-26(2,24)25/h3-13,21H,1-2H3. The van der Waals surface area contributed by atoms with E-state index in [0.717, 1.165) is 28.7 Å². The lowest BCUT2D eigenvalue weighted by Crippen LogP contribution is -2.09. The van der Waals surface area contributed by atoms with E-state index in [0.29, 0.717) is 5.69 Å². The molecule has 0 unspecified atom stereocenters. The third-order valence-electron chi connectivity index (χ3n) is 4.23. The van der Waals surface area contributed by atoms with Gasteiger partial charge in [0.25, 0.3) is 0 Å². The molecule has 0 saturated heterocycles. The minimum atomic E-state index is -3.28. The van der Waals surface area contributed by atoms with Gasteiger partial charge in [0.15, 0.2) is 0 Å². The van der Waals surface area contributed by atoms with Gasteiger partial charge >= 0.3 is 0 Å². The fourth-order valence-electron chi connectivity index (χ4n) is 3.05. The Morgan fingerprint density at radius 3 is 2.50 bits per heavy atom. The number of nitrogens with one attached hydrogen (secondary N) is 1. The Labute approximate surface area is 151 Å². The van der Waals surface area contributed by atoms with E-state index in [1.165, 1.54) is 5.52 Å². The summed E-state index contributed by atoms with van der Waals surface area (Å²) >= 11 is 0. The summed E-state index contributed by atoms with van der Waals surface area (Å²) in [5.74, 6) is 0.833. The molecule has 0 aliphatic carbocycles. The number of anilines is 1. The molecule has 6 nitrogen and oxygen atoms in total. The lowest BCUT2D eigenvalue weighted by Gasteiger charge is -2.10. The summed E-state index contributed by atoms with van der Waals surface area (Å²) in [4.78, 5) is 4.50. The Bertz CT molecular complexity index is 1190. The molecule has 0 saturated carbocycles. The number of imidazole rings is 1. The largest absolute Gasteiger partial charge is 0.351 e. The molecule has 0 aliphatic rings. The predicted molar refractivity (Wildman–Crippen MR) is 104 cm³/mol. The number of benzene rings is 2. The van der Waals surface area contributed by atoms with Crippen molar-refractivity contribution in [3.8, 4) is 17.1 Å². The Morgan fingerprint density at radius 2 is 1.77 bits per heavy atom. The SMILES string of the molecule is Cn1ccc2cc(-c3nccn3-c3ccc(NS(C)(=O)=O)cc3)ccc21. The minimum absolute atomic E-state index is 0.531. The lowest BCUT2D eigenvalue weighted by atomic mass is 10.1. The maximum Gasteiger partial charge on any atom is 0.229 e. The van der Waals surface area contributed by atoms with Crippen molar-refractivity contribution in [2.45, 2.75) is 0 Å². The van der Waals surface area contributed by atoms with Gasteiger partial charge in [-0.2, -0.15) is 0 Å². The molecule has 2 aromatic heterocycles. The smallest absolute Gasteiger partial charge is 0.229 e. The fraction of sp³-hybridized carbons (Fsp3) is 0.105. The topological polar surface area (TPSA) is 68.9 Å². The van der Waals surface area contributed by atoms with E-state index in [1.54, 1.807) is 18.3 Å². The van der Waals surface area contributed by atoms with Crippen molar-refractivity contribution in [1.29, 1.82) is 0 Å². The van der Waals surface area contributed by atoms with E-state index in [2.05, 4.69) is 38.5 Å². The number of sulfonamides is 1. The molecule has 0 fully saturated rings. The van der Waals surface area contributed by atoms with Crippen molar-refractivity contribution in [3.05, 3.63) is 67.1 Å². The molecule has 4 rings (SSSR count). The summed E-state index contributed by atoms with van der Waals surface area (Å²) in [6.07, 6.45) is 6.82. The van der Waals surface area contributed by atoms with E-state index >= 15 is 0 Å². The number of aryl methyl sites for hydroxylation is 1. The molecule has 0 atom stereocenters. The van der Waals surface area contributed by atoms with Crippen molar-refractivity contribution in [3.63, 3.8) is 0 Å². The number of aromatic nitrogens is 3. The average molecular weight is 366 g/mol. The van der Waals surface area contributed by atoms with Crippen molar-refractivity contribution >= 4 is 26.6 Å². The molecule has 0 bridgehead atoms. The number of fused-ring (bicyclic) bond motifs is 1. The Balaban J connectivity index is 1.72. The zero-order valence-electron chi connectivity index (χ0n) is 14.4. The summed E-state index contributed by atoms with van der Waals surface area (Å²) in [6, 6.07) is 15.5. The first-order valence-electron chi connectivity index (χ1n) is 8.08. The first-order valence-corrected chi connectivity index (χ1v) is 9.97. The summed E-state index contributed by atoms with van der Waals surface area (Å²) in [5.41, 5.74) is 3.63. The van der Waals surface area contributed by atoms with Crippen LogP contribution in [0.4, 0.5) is 5.69 Å². The Hall–Kier alpha value is -3.06. The van der Waals surface area contributed by atoms with Crippen LogP contribution in [0.15, 0.2) is 67.1 Å². The van der Waals surface area contributed by atoms with E-state index in [4.69, 9.17) is 0 Å². The van der Waals surface area contributed by atoms with Crippen LogP contribution in [0.2, 0.25) is 0 Å². The third-order valence-corrected chi connectivity index (χ3v) is 4.84. The second-order valence-electron chi connectivity index (χ2n) is 6.24. The molecular weight excluding hydrogens is 348 g/mol. The van der Waals surface area contributed by atoms with Crippen LogP contribution in [0.25, 0.3) is 28.0 Å². The molecule has 2 aromatic carbocycles. The summed E-state index contributed by atoms with van der Waals surface area (Å²) < 4.78 is 29.2. The van der Waals surface area contributed by atoms with Gasteiger partial charge in [-0.1, -0.05) is 0 Å². The minimum Gasteiger partial charge on any atom is -0.351 e. The summed E-state index contributed by atoms with van der Waals surface area (Å²) in [5, 5.41) is 1.16. The van der Waals surface area contributed by atoms with Gasteiger partial charge in [0.05, 0.1) is 6.26 Å². The van der Waals surface area contributed by atoms with E-state index in [-0.39, 0.29) is 0 Å². The number of rotatable bonds is 4. The van der Waals surface area contributed by atoms with Gasteiger partial charge in [-0.15, -0.1) is 0 Å². The maximum absolute atomic E-state index is 11.3. The van der Waals surface area contributed by atoms with Gasteiger partial charge in [0, 0.05) is 53.5 Å². The Kier molecular flexibility index (Phi) is 3.81. The highest BCUT2D eigenvalue weighted by Crippen LogP contribution is 2.26. The average Bonchev–Trinajstić information content (AvgIpc) is 3.21. The highest BCUT2D eigenvalue weighted by Gasteiger charge is 2.10. The molecule has 0 amide bonds. The molecule has 0 aliphatic heterocycles. The van der Waals surface area contributed by atoms with Gasteiger partial charge in [0.1, 0.15) is 5.82 Å². The molecule has 7 heteroatoms. The second-order valence-corrected chi connectivity index (χ2v) is 7.99. The molecule has 0 spiro atoms. The predicted octanol–water partition coefficient (Wildman–Crippen LogP) is 3.40. The lowest BCUT2D eigenvalue weighted by molar-refractivity contribution is 0.607. The fourth-order valence-corrected chi connectivity index (χ4v) is 3.61. The van der Waals surface area contributed by atoms with Gasteiger partial charge in [0.2, 0.25) is 10.0 Å². The summed E-state index contributed by atoms with van der Waals surface area (Å²) in [7, 11) is -1.26. The number of hydrogen-bond acceptors (Lipinski definition) is 3. The van der Waals surface area contributed by atoms with Gasteiger partial charge in [-0.3, -0.25) is 9.29 Å². The van der Waals surface area contributed by atoms with Crippen LogP contribution in [0.3, 0.4) is 0 Å². The van der Waals surface area contributed by atoms with Crippen molar-refractivity contribution in [2.75, 3.05) is 11.0 Å². The monoisotopic (exact) mass is 366 g/mol. The zero-order valence-corrected chi connectivity index (χ0v) is 15.2. The summed E-state index contributed by atoms with van der Waals surface area (Å²) in [6.45, 7) is 0. The molecular formula is C19H18N4O2S. The van der Waals surface area contributed by atoms with Crippen LogP contribution >= 0.6 is 0 Å². The van der Waals surface area contributed by atoms with Crippen LogP contribution in [0.1, 0.15) is 0 Å². The molecule has 26 heavy (non-hydrogen) atoms. The first-order chi connectivity index (χ1) is 12.4. The highest BCUT2D eigenvalue weighted by molar-refractivity contribution is 7.92. The van der Waals surface area contributed by atoms with E-state index < -0.39 is 10.0 Å². The normalized spacial score (nSPS) is 11.8.